The number of halogens is 1. The minimum atomic E-state index is -1.44. The first-order valence-electron chi connectivity index (χ1n) is 11.5. The molecule has 3 N–H and O–H groups in total. The number of aromatic nitrogens is 1. The Bertz CT molecular complexity index is 1190. The fraction of sp³-hybridized carbons (Fsp3) is 0.346. The summed E-state index contributed by atoms with van der Waals surface area (Å²) in [5, 5.41) is 15.6. The summed E-state index contributed by atoms with van der Waals surface area (Å²) >= 11 is 0. The van der Waals surface area contributed by atoms with Crippen LogP contribution in [-0.4, -0.2) is 51.4 Å². The van der Waals surface area contributed by atoms with Crippen molar-refractivity contribution in [1.82, 2.24) is 15.4 Å². The Morgan fingerprint density at radius 2 is 1.71 bits per heavy atom. The van der Waals surface area contributed by atoms with Gasteiger partial charge in [-0.1, -0.05) is 0 Å². The van der Waals surface area contributed by atoms with E-state index in [9.17, 15) is 9.18 Å². The summed E-state index contributed by atoms with van der Waals surface area (Å²) in [6.07, 6.45) is 3.08. The molecule has 0 aliphatic carbocycles. The lowest BCUT2D eigenvalue weighted by Crippen LogP contribution is -2.43. The van der Waals surface area contributed by atoms with Crippen LogP contribution in [-0.2, 0) is 4.79 Å². The number of carboxylic acid groups (broad SMARTS) is 1. The summed E-state index contributed by atoms with van der Waals surface area (Å²) in [5.74, 6) is 0.432. The van der Waals surface area contributed by atoms with E-state index < -0.39 is 12.2 Å². The molecule has 1 unspecified atom stereocenters. The zero-order chi connectivity index (χ0) is 25.5. The highest BCUT2D eigenvalue weighted by atomic mass is 19.1. The largest absolute Gasteiger partial charge is 0.481 e. The predicted octanol–water partition coefficient (Wildman–Crippen LogP) is 5.08. The number of fused-ring (bicyclic) bond motifs is 1. The third-order valence-corrected chi connectivity index (χ3v) is 5.90. The molecule has 1 aliphatic rings. The molecule has 2 aromatic carbocycles. The highest BCUT2D eigenvalue weighted by Gasteiger charge is 2.23. The molecule has 1 aliphatic heterocycles. The number of likely N-dealkylation sites (tertiary alicyclic amines) is 1. The molecule has 0 radical (unpaired) electrons. The van der Waals surface area contributed by atoms with E-state index in [0.717, 1.165) is 64.6 Å². The van der Waals surface area contributed by atoms with E-state index in [1.54, 1.807) is 25.3 Å². The van der Waals surface area contributed by atoms with Gasteiger partial charge in [-0.3, -0.25) is 15.0 Å². The smallest absolute Gasteiger partial charge is 0.428 e. The molecule has 186 valence electrons. The van der Waals surface area contributed by atoms with Crippen molar-refractivity contribution >= 4 is 22.9 Å². The molecule has 2 heterocycles. The maximum Gasteiger partial charge on any atom is 0.428 e. The van der Waals surface area contributed by atoms with E-state index in [1.807, 2.05) is 43.0 Å². The van der Waals surface area contributed by atoms with Crippen LogP contribution in [0.5, 0.6) is 5.75 Å². The normalized spacial score (nSPS) is 14.0. The second-order valence-electron chi connectivity index (χ2n) is 8.52. The standard InChI is InChI=1S/C25H27FN2O2.CH3NO3/c1-16-13-19(26)14-17(2)24(16)22-9-10-27-23-15-20(7-8-21(22)23)30-18(3)25(29)28-11-5-4-6-12-28;3-1(4)2-5/h7-10,13-15,18H,4-6,11-12H2,1-3H3;2,5H,(H,3,4). The number of hydrogen-bond acceptors (Lipinski definition) is 5. The number of pyridine rings is 1. The second-order valence-corrected chi connectivity index (χ2v) is 8.52. The zero-order valence-corrected chi connectivity index (χ0v) is 20.0. The lowest BCUT2D eigenvalue weighted by Gasteiger charge is -2.29. The van der Waals surface area contributed by atoms with Crippen LogP contribution in [0.3, 0.4) is 0 Å². The Kier molecular flexibility index (Phi) is 8.59. The van der Waals surface area contributed by atoms with Crippen molar-refractivity contribution in [3.63, 3.8) is 0 Å². The van der Waals surface area contributed by atoms with Crippen LogP contribution in [0.1, 0.15) is 37.3 Å². The highest BCUT2D eigenvalue weighted by molar-refractivity contribution is 5.96. The molecule has 2 amide bonds. The second kappa shape index (κ2) is 11.6. The van der Waals surface area contributed by atoms with E-state index in [2.05, 4.69) is 4.98 Å². The molecule has 3 aromatic rings. The van der Waals surface area contributed by atoms with E-state index in [4.69, 9.17) is 19.8 Å². The number of amides is 2. The van der Waals surface area contributed by atoms with Gasteiger partial charge in [0.15, 0.2) is 6.10 Å². The van der Waals surface area contributed by atoms with Crippen LogP contribution in [0.25, 0.3) is 22.0 Å². The summed E-state index contributed by atoms with van der Waals surface area (Å²) in [4.78, 5) is 28.1. The molecule has 9 heteroatoms. The Hall–Kier alpha value is -3.72. The third-order valence-electron chi connectivity index (χ3n) is 5.90. The van der Waals surface area contributed by atoms with Crippen LogP contribution in [0, 0.1) is 19.7 Å². The van der Waals surface area contributed by atoms with Crippen molar-refractivity contribution in [2.45, 2.75) is 46.1 Å². The highest BCUT2D eigenvalue weighted by Crippen LogP contribution is 2.34. The minimum Gasteiger partial charge on any atom is -0.481 e. The van der Waals surface area contributed by atoms with Gasteiger partial charge in [0.05, 0.1) is 5.52 Å². The summed E-state index contributed by atoms with van der Waals surface area (Å²) in [6, 6.07) is 10.8. The fourth-order valence-corrected chi connectivity index (χ4v) is 4.38. The summed E-state index contributed by atoms with van der Waals surface area (Å²) in [5.41, 5.74) is 5.54. The molecule has 35 heavy (non-hydrogen) atoms. The molecule has 1 saturated heterocycles. The Labute approximate surface area is 203 Å². The fourth-order valence-electron chi connectivity index (χ4n) is 4.38. The number of carbonyl (C=O) groups is 2. The molecule has 1 atom stereocenters. The minimum absolute atomic E-state index is 0.0362. The molecule has 0 saturated carbocycles. The monoisotopic (exact) mass is 483 g/mol. The van der Waals surface area contributed by atoms with Gasteiger partial charge in [0.2, 0.25) is 0 Å². The number of hydrogen-bond donors (Lipinski definition) is 3. The van der Waals surface area contributed by atoms with Gasteiger partial charge in [-0.25, -0.2) is 14.7 Å². The van der Waals surface area contributed by atoms with E-state index in [-0.39, 0.29) is 11.7 Å². The van der Waals surface area contributed by atoms with Gasteiger partial charge in [0.25, 0.3) is 5.91 Å². The molecule has 0 spiro atoms. The number of ether oxygens (including phenoxy) is 1. The van der Waals surface area contributed by atoms with Crippen LogP contribution in [0.4, 0.5) is 9.18 Å². The molecular formula is C26H30FN3O5. The molecule has 0 bridgehead atoms. The van der Waals surface area contributed by atoms with Gasteiger partial charge >= 0.3 is 6.09 Å². The van der Waals surface area contributed by atoms with Gasteiger partial charge in [-0.15, -0.1) is 0 Å². The summed E-state index contributed by atoms with van der Waals surface area (Å²) in [7, 11) is 0. The lowest BCUT2D eigenvalue weighted by atomic mass is 9.93. The van der Waals surface area contributed by atoms with Crippen molar-refractivity contribution in [2.75, 3.05) is 13.1 Å². The summed E-state index contributed by atoms with van der Waals surface area (Å²) < 4.78 is 19.7. The third kappa shape index (κ3) is 6.45. The number of nitrogens with one attached hydrogen (secondary N) is 1. The number of carbonyl (C=O) groups excluding carboxylic acids is 1. The van der Waals surface area contributed by atoms with Crippen molar-refractivity contribution in [3.05, 3.63) is 59.5 Å². The van der Waals surface area contributed by atoms with Crippen LogP contribution >= 0.6 is 0 Å². The van der Waals surface area contributed by atoms with Crippen molar-refractivity contribution < 1.29 is 29.0 Å². The quantitative estimate of drug-likeness (QED) is 0.352. The number of aryl methyl sites for hydroxylation is 2. The zero-order valence-electron chi connectivity index (χ0n) is 20.0. The first-order valence-corrected chi connectivity index (χ1v) is 11.5. The van der Waals surface area contributed by atoms with E-state index in [1.165, 1.54) is 6.42 Å². The van der Waals surface area contributed by atoms with Crippen molar-refractivity contribution in [2.24, 2.45) is 0 Å². The van der Waals surface area contributed by atoms with E-state index >= 15 is 0 Å². The predicted molar refractivity (Wildman–Crippen MR) is 130 cm³/mol. The molecular weight excluding hydrogens is 453 g/mol. The average Bonchev–Trinajstić information content (AvgIpc) is 2.83. The van der Waals surface area contributed by atoms with Gasteiger partial charge < -0.3 is 14.7 Å². The molecule has 1 fully saturated rings. The lowest BCUT2D eigenvalue weighted by molar-refractivity contribution is -0.138. The topological polar surface area (TPSA) is 112 Å². The number of benzene rings is 2. The summed E-state index contributed by atoms with van der Waals surface area (Å²) in [6.45, 7) is 7.26. The molecule has 4 rings (SSSR count). The van der Waals surface area contributed by atoms with Crippen LogP contribution in [0.15, 0.2) is 42.6 Å². The van der Waals surface area contributed by atoms with Crippen molar-refractivity contribution in [1.29, 1.82) is 0 Å². The average molecular weight is 484 g/mol. The van der Waals surface area contributed by atoms with Gasteiger partial charge in [-0.05, 0) is 92.6 Å². The first kappa shape index (κ1) is 25.9. The molecule has 1 aromatic heterocycles. The SMILES string of the molecule is Cc1cc(F)cc(C)c1-c1ccnc2cc(OC(C)C(=O)N3CCCCC3)ccc12.O=C(O)NO. The Balaban J connectivity index is 0.000000623. The number of piperidine rings is 1. The molecule has 8 nitrogen and oxygen atoms in total. The van der Waals surface area contributed by atoms with Gasteiger partial charge in [0, 0.05) is 30.7 Å². The number of rotatable bonds is 4. The number of nitrogens with zero attached hydrogens (tertiary/aromatic N) is 2. The maximum absolute atomic E-state index is 13.8. The first-order chi connectivity index (χ1) is 16.7. The van der Waals surface area contributed by atoms with E-state index in [0.29, 0.717) is 5.75 Å². The Morgan fingerprint density at radius 3 is 2.31 bits per heavy atom. The maximum atomic E-state index is 13.8. The van der Waals surface area contributed by atoms with Gasteiger partial charge in [-0.2, -0.15) is 0 Å². The number of hydroxylamine groups is 1. The van der Waals surface area contributed by atoms with Crippen LogP contribution < -0.4 is 10.2 Å². The van der Waals surface area contributed by atoms with Crippen molar-refractivity contribution in [3.8, 4) is 16.9 Å². The Morgan fingerprint density at radius 1 is 1.09 bits per heavy atom. The van der Waals surface area contributed by atoms with Crippen LogP contribution in [0.2, 0.25) is 0 Å². The van der Waals surface area contributed by atoms with Gasteiger partial charge in [0.1, 0.15) is 11.6 Å².